The predicted molar refractivity (Wildman–Crippen MR) is 125 cm³/mol. The van der Waals surface area contributed by atoms with Gasteiger partial charge < -0.3 is 9.80 Å². The number of rotatable bonds is 5. The number of aryl methyl sites for hydroxylation is 1. The number of anilines is 1. The van der Waals surface area contributed by atoms with Gasteiger partial charge in [0.2, 0.25) is 5.82 Å². The number of hydrogen-bond acceptors (Lipinski definition) is 5. The number of piperazine rings is 1. The molecular formula is C24H31ClN7+. The lowest BCUT2D eigenvalue weighted by Crippen LogP contribution is -3.15. The summed E-state index contributed by atoms with van der Waals surface area (Å²) < 4.78 is 2.12. The Morgan fingerprint density at radius 3 is 2.66 bits per heavy atom. The van der Waals surface area contributed by atoms with Gasteiger partial charge in [0.1, 0.15) is 0 Å². The van der Waals surface area contributed by atoms with Crippen LogP contribution in [0, 0.1) is 6.92 Å². The second-order valence-electron chi connectivity index (χ2n) is 9.07. The smallest absolute Gasteiger partial charge is 0.214 e. The first-order valence-corrected chi connectivity index (χ1v) is 12.1. The van der Waals surface area contributed by atoms with Crippen LogP contribution in [-0.2, 0) is 0 Å². The van der Waals surface area contributed by atoms with Crippen molar-refractivity contribution >= 4 is 17.3 Å². The Bertz CT molecular complexity index is 1020. The highest BCUT2D eigenvalue weighted by Crippen LogP contribution is 2.30. The first-order chi connectivity index (χ1) is 15.7. The molecule has 168 valence electrons. The molecule has 2 aromatic heterocycles. The van der Waals surface area contributed by atoms with Crippen LogP contribution in [0.25, 0.3) is 0 Å². The van der Waals surface area contributed by atoms with Gasteiger partial charge in [0.25, 0.3) is 0 Å². The first kappa shape index (κ1) is 21.3. The number of benzene rings is 1. The summed E-state index contributed by atoms with van der Waals surface area (Å²) in [5.41, 5.74) is 3.69. The Kier molecular flexibility index (Phi) is 6.37. The minimum absolute atomic E-state index is 0.0863. The lowest BCUT2D eigenvalue weighted by Gasteiger charge is -2.38. The number of nitrogens with one attached hydrogen (secondary N) is 1. The topological polar surface area (TPSA) is 64.2 Å². The summed E-state index contributed by atoms with van der Waals surface area (Å²) in [6.07, 6.45) is 9.96. The second-order valence-corrected chi connectivity index (χ2v) is 9.51. The van der Waals surface area contributed by atoms with E-state index in [4.69, 9.17) is 11.6 Å². The summed E-state index contributed by atoms with van der Waals surface area (Å²) in [5, 5.41) is 13.9. The summed E-state index contributed by atoms with van der Waals surface area (Å²) in [6, 6.07) is 10.8. The Hall–Kier alpha value is -2.51. The highest BCUT2D eigenvalue weighted by atomic mass is 35.5. The molecule has 1 saturated heterocycles. The lowest BCUT2D eigenvalue weighted by molar-refractivity contribution is -0.927. The van der Waals surface area contributed by atoms with Gasteiger partial charge in [-0.05, 0) is 60.0 Å². The molecule has 1 aliphatic heterocycles. The van der Waals surface area contributed by atoms with Crippen molar-refractivity contribution in [3.63, 3.8) is 0 Å². The maximum Gasteiger partial charge on any atom is 0.214 e. The largest absolute Gasteiger partial charge is 0.360 e. The summed E-state index contributed by atoms with van der Waals surface area (Å²) in [6.45, 7) is 6.10. The standard InChI is InChI=1S/C24H30ClN7/c1-18-9-10-20(25)16-22(18)30-12-14-31(15-13-30)23(19-6-5-11-26-17-19)24-27-28-29-32(24)21-7-3-2-4-8-21/h5-6,9-11,16-17,21,23H,2-4,7-8,12-15H2,1H3/p+1/t23-/m1/s1. The Morgan fingerprint density at radius 1 is 1.09 bits per heavy atom. The number of hydrogen-bond donors (Lipinski definition) is 1. The van der Waals surface area contributed by atoms with Crippen LogP contribution in [0.5, 0.6) is 0 Å². The van der Waals surface area contributed by atoms with E-state index in [0.29, 0.717) is 6.04 Å². The van der Waals surface area contributed by atoms with Gasteiger partial charge in [-0.1, -0.05) is 36.9 Å². The van der Waals surface area contributed by atoms with E-state index >= 15 is 0 Å². The molecule has 3 heterocycles. The number of aromatic nitrogens is 5. The van der Waals surface area contributed by atoms with E-state index in [-0.39, 0.29) is 6.04 Å². The van der Waals surface area contributed by atoms with E-state index in [9.17, 15) is 0 Å². The molecule has 7 nitrogen and oxygen atoms in total. The molecule has 1 aliphatic carbocycles. The third kappa shape index (κ3) is 4.36. The Labute approximate surface area is 194 Å². The third-order valence-corrected chi connectivity index (χ3v) is 7.28. The zero-order valence-corrected chi connectivity index (χ0v) is 19.4. The fourth-order valence-corrected chi connectivity index (χ4v) is 5.50. The fraction of sp³-hybridized carbons (Fsp3) is 0.500. The van der Waals surface area contributed by atoms with Gasteiger partial charge >= 0.3 is 0 Å². The van der Waals surface area contributed by atoms with Crippen molar-refractivity contribution in [3.8, 4) is 0 Å². The SMILES string of the molecule is Cc1ccc(Cl)cc1N1CC[NH+]([C@H](c2cccnc2)c2nnnn2C2CCCCC2)CC1. The summed E-state index contributed by atoms with van der Waals surface area (Å²) in [5.74, 6) is 0.979. The molecular weight excluding hydrogens is 422 g/mol. The summed E-state index contributed by atoms with van der Waals surface area (Å²) >= 11 is 6.29. The van der Waals surface area contributed by atoms with Gasteiger partial charge in [0.05, 0.1) is 32.2 Å². The molecule has 1 aromatic carbocycles. The van der Waals surface area contributed by atoms with Crippen molar-refractivity contribution in [3.05, 3.63) is 64.7 Å². The molecule has 1 atom stereocenters. The van der Waals surface area contributed by atoms with Crippen LogP contribution >= 0.6 is 11.6 Å². The van der Waals surface area contributed by atoms with Gasteiger partial charge in [0.15, 0.2) is 6.04 Å². The molecule has 0 amide bonds. The Morgan fingerprint density at radius 2 is 1.91 bits per heavy atom. The molecule has 32 heavy (non-hydrogen) atoms. The molecule has 1 N–H and O–H groups in total. The molecule has 2 aliphatic rings. The van der Waals surface area contributed by atoms with Crippen molar-refractivity contribution in [1.29, 1.82) is 0 Å². The number of halogens is 1. The maximum absolute atomic E-state index is 6.29. The zero-order valence-electron chi connectivity index (χ0n) is 18.6. The maximum atomic E-state index is 6.29. The van der Waals surface area contributed by atoms with E-state index in [2.05, 4.69) is 55.2 Å². The molecule has 3 aromatic rings. The second kappa shape index (κ2) is 9.55. The summed E-state index contributed by atoms with van der Waals surface area (Å²) in [7, 11) is 0. The fourth-order valence-electron chi connectivity index (χ4n) is 5.34. The van der Waals surface area contributed by atoms with E-state index in [1.807, 2.05) is 24.5 Å². The number of pyridine rings is 1. The summed E-state index contributed by atoms with van der Waals surface area (Å²) in [4.78, 5) is 8.36. The van der Waals surface area contributed by atoms with Crippen LogP contribution < -0.4 is 9.80 Å². The van der Waals surface area contributed by atoms with E-state index in [0.717, 1.165) is 49.9 Å². The van der Waals surface area contributed by atoms with Crippen LogP contribution in [-0.4, -0.2) is 51.4 Å². The van der Waals surface area contributed by atoms with Crippen molar-refractivity contribution in [1.82, 2.24) is 25.2 Å². The first-order valence-electron chi connectivity index (χ1n) is 11.7. The monoisotopic (exact) mass is 452 g/mol. The van der Waals surface area contributed by atoms with Gasteiger partial charge in [-0.25, -0.2) is 4.68 Å². The van der Waals surface area contributed by atoms with Crippen molar-refractivity contribution in [2.75, 3.05) is 31.1 Å². The van der Waals surface area contributed by atoms with E-state index < -0.39 is 0 Å². The molecule has 0 spiro atoms. The highest BCUT2D eigenvalue weighted by Gasteiger charge is 2.36. The molecule has 8 heteroatoms. The number of quaternary nitrogens is 1. The van der Waals surface area contributed by atoms with Crippen molar-refractivity contribution in [2.45, 2.75) is 51.1 Å². The van der Waals surface area contributed by atoms with Gasteiger partial charge in [0, 0.05) is 28.7 Å². The molecule has 0 radical (unpaired) electrons. The minimum atomic E-state index is 0.0863. The average molecular weight is 453 g/mol. The average Bonchev–Trinajstić information content (AvgIpc) is 3.32. The van der Waals surface area contributed by atoms with Crippen LogP contribution in [0.15, 0.2) is 42.7 Å². The van der Waals surface area contributed by atoms with Crippen molar-refractivity contribution in [2.24, 2.45) is 0 Å². The highest BCUT2D eigenvalue weighted by molar-refractivity contribution is 6.30. The van der Waals surface area contributed by atoms with Crippen LogP contribution in [0.1, 0.15) is 61.1 Å². The van der Waals surface area contributed by atoms with Gasteiger partial charge in [-0.15, -0.1) is 5.10 Å². The normalized spacial score (nSPS) is 19.2. The predicted octanol–water partition coefficient (Wildman–Crippen LogP) is 3.03. The molecule has 2 fully saturated rings. The third-order valence-electron chi connectivity index (χ3n) is 7.04. The molecule has 0 unspecified atom stereocenters. The van der Waals surface area contributed by atoms with E-state index in [1.165, 1.54) is 41.0 Å². The minimum Gasteiger partial charge on any atom is -0.360 e. The van der Waals surface area contributed by atoms with Crippen molar-refractivity contribution < 1.29 is 4.90 Å². The quantitative estimate of drug-likeness (QED) is 0.644. The van der Waals surface area contributed by atoms with Gasteiger partial charge in [-0.3, -0.25) is 4.98 Å². The molecule has 0 bridgehead atoms. The molecule has 1 saturated carbocycles. The zero-order chi connectivity index (χ0) is 21.9. The lowest BCUT2D eigenvalue weighted by atomic mass is 9.95. The van der Waals surface area contributed by atoms with Crippen LogP contribution in [0.3, 0.4) is 0 Å². The van der Waals surface area contributed by atoms with Crippen LogP contribution in [0.4, 0.5) is 5.69 Å². The number of nitrogens with zero attached hydrogens (tertiary/aromatic N) is 6. The van der Waals surface area contributed by atoms with E-state index in [1.54, 1.807) is 0 Å². The number of tetrazole rings is 1. The van der Waals surface area contributed by atoms with Gasteiger partial charge in [-0.2, -0.15) is 0 Å². The van der Waals surface area contributed by atoms with Crippen LogP contribution in [0.2, 0.25) is 5.02 Å². The Balaban J connectivity index is 1.41. The molecule has 5 rings (SSSR count).